The first-order chi connectivity index (χ1) is 14.9. The third-order valence-corrected chi connectivity index (χ3v) is 5.72. The van der Waals surface area contributed by atoms with Gasteiger partial charge in [-0.1, -0.05) is 48.5 Å². The number of ketones is 1. The van der Waals surface area contributed by atoms with Crippen molar-refractivity contribution in [1.82, 2.24) is 5.32 Å². The van der Waals surface area contributed by atoms with E-state index >= 15 is 0 Å². The molecule has 158 valence electrons. The number of hydrogen-bond acceptors (Lipinski definition) is 5. The second kappa shape index (κ2) is 8.22. The molecular formula is C25H23NO5. The lowest BCUT2D eigenvalue weighted by Gasteiger charge is -2.30. The van der Waals surface area contributed by atoms with Crippen LogP contribution in [0.5, 0.6) is 0 Å². The molecule has 31 heavy (non-hydrogen) atoms. The average molecular weight is 417 g/mol. The number of esters is 1. The summed E-state index contributed by atoms with van der Waals surface area (Å²) in [5.74, 6) is -2.16. The average Bonchev–Trinajstić information content (AvgIpc) is 3.03. The minimum atomic E-state index is -0.901. The Morgan fingerprint density at radius 3 is 2.45 bits per heavy atom. The van der Waals surface area contributed by atoms with Gasteiger partial charge in [0, 0.05) is 34.7 Å². The van der Waals surface area contributed by atoms with Crippen molar-refractivity contribution in [1.29, 1.82) is 0 Å². The van der Waals surface area contributed by atoms with Crippen LogP contribution >= 0.6 is 0 Å². The lowest BCUT2D eigenvalue weighted by molar-refractivity contribution is -0.139. The molecule has 0 radical (unpaired) electrons. The van der Waals surface area contributed by atoms with E-state index in [1.54, 1.807) is 19.9 Å². The molecule has 1 atom stereocenters. The number of benzene rings is 2. The third kappa shape index (κ3) is 3.54. The second-order valence-electron chi connectivity index (χ2n) is 7.57. The molecule has 0 saturated heterocycles. The summed E-state index contributed by atoms with van der Waals surface area (Å²) in [4.78, 5) is 37.6. The molecule has 0 unspecified atom stereocenters. The Morgan fingerprint density at radius 1 is 1.06 bits per heavy atom. The van der Waals surface area contributed by atoms with Gasteiger partial charge in [-0.15, -0.1) is 0 Å². The zero-order valence-electron chi connectivity index (χ0n) is 17.4. The van der Waals surface area contributed by atoms with Gasteiger partial charge >= 0.3 is 11.9 Å². The van der Waals surface area contributed by atoms with Gasteiger partial charge in [0.15, 0.2) is 5.78 Å². The maximum absolute atomic E-state index is 13.5. The molecule has 4 rings (SSSR count). The molecule has 0 spiro atoms. The zero-order valence-corrected chi connectivity index (χ0v) is 17.4. The first-order valence-electron chi connectivity index (χ1n) is 10.3. The van der Waals surface area contributed by atoms with Gasteiger partial charge in [0.2, 0.25) is 0 Å². The Labute approximate surface area is 180 Å². The zero-order chi connectivity index (χ0) is 22.1. The largest absolute Gasteiger partial charge is 0.481 e. The fourth-order valence-electron chi connectivity index (χ4n) is 4.40. The summed E-state index contributed by atoms with van der Waals surface area (Å²) in [5.41, 5.74) is 5.14. The monoisotopic (exact) mass is 417 g/mol. The number of carboxylic acid groups (broad SMARTS) is 1. The molecule has 0 saturated carbocycles. The number of carboxylic acids is 1. The van der Waals surface area contributed by atoms with Crippen LogP contribution in [0.1, 0.15) is 53.2 Å². The lowest BCUT2D eigenvalue weighted by Crippen LogP contribution is -2.30. The molecule has 1 heterocycles. The van der Waals surface area contributed by atoms with Gasteiger partial charge in [-0.2, -0.15) is 0 Å². The normalized spacial score (nSPS) is 17.2. The number of aryl methyl sites for hydroxylation is 1. The molecule has 6 heteroatoms. The van der Waals surface area contributed by atoms with Gasteiger partial charge in [0.1, 0.15) is 0 Å². The van der Waals surface area contributed by atoms with E-state index in [4.69, 9.17) is 4.74 Å². The molecule has 0 aromatic heterocycles. The van der Waals surface area contributed by atoms with Crippen LogP contribution in [0.25, 0.3) is 5.70 Å². The molecule has 2 aromatic carbocycles. The number of allylic oxidation sites excluding steroid dienone is 2. The molecule has 2 aromatic rings. The number of dihydropyridines is 1. The minimum absolute atomic E-state index is 0.0422. The van der Waals surface area contributed by atoms with E-state index in [1.165, 1.54) is 0 Å². The predicted octanol–water partition coefficient (Wildman–Crippen LogP) is 3.84. The van der Waals surface area contributed by atoms with Gasteiger partial charge in [-0.3, -0.25) is 9.59 Å². The summed E-state index contributed by atoms with van der Waals surface area (Å²) in [6, 6.07) is 14.8. The number of carbonyl (C=O) groups is 3. The quantitative estimate of drug-likeness (QED) is 0.694. The summed E-state index contributed by atoms with van der Waals surface area (Å²) in [7, 11) is 0. The number of carbonyl (C=O) groups excluding carboxylic acids is 2. The van der Waals surface area contributed by atoms with E-state index < -0.39 is 17.9 Å². The fraction of sp³-hybridized carbons (Fsp3) is 0.240. The standard InChI is InChI=1S/C25H23NO5/c1-3-31-25(30)20-14(2)26-23-17-10-6-7-11-18(17)24(29)22(23)21(20)16-9-5-4-8-15(16)12-13-19(27)28/h4-11,21,26H,3,12-13H2,1-2H3,(H,27,28)/t21-/m0/s1. The maximum Gasteiger partial charge on any atom is 0.336 e. The molecule has 6 nitrogen and oxygen atoms in total. The number of aliphatic carboxylic acids is 1. The van der Waals surface area contributed by atoms with Crippen molar-refractivity contribution in [2.24, 2.45) is 0 Å². The van der Waals surface area contributed by atoms with Gasteiger partial charge < -0.3 is 15.2 Å². The summed E-state index contributed by atoms with van der Waals surface area (Å²) < 4.78 is 5.34. The van der Waals surface area contributed by atoms with E-state index in [1.807, 2.05) is 42.5 Å². The smallest absolute Gasteiger partial charge is 0.336 e. The van der Waals surface area contributed by atoms with Gasteiger partial charge in [0.05, 0.1) is 17.9 Å². The highest BCUT2D eigenvalue weighted by Gasteiger charge is 2.43. The Kier molecular flexibility index (Phi) is 5.46. The topological polar surface area (TPSA) is 92.7 Å². The highest BCUT2D eigenvalue weighted by molar-refractivity contribution is 6.23. The second-order valence-corrected chi connectivity index (χ2v) is 7.57. The van der Waals surface area contributed by atoms with Crippen LogP contribution in [0.2, 0.25) is 0 Å². The van der Waals surface area contributed by atoms with Crippen LogP contribution in [0.15, 0.2) is 65.4 Å². The molecule has 0 amide bonds. The Hall–Kier alpha value is -3.67. The van der Waals surface area contributed by atoms with Crippen LogP contribution in [0, 0.1) is 0 Å². The van der Waals surface area contributed by atoms with E-state index in [2.05, 4.69) is 5.32 Å². The van der Waals surface area contributed by atoms with Crippen molar-refractivity contribution in [2.45, 2.75) is 32.6 Å². The van der Waals surface area contributed by atoms with Crippen molar-refractivity contribution in [3.05, 3.63) is 87.6 Å². The van der Waals surface area contributed by atoms with Crippen LogP contribution in [0.3, 0.4) is 0 Å². The number of hydrogen-bond donors (Lipinski definition) is 2. The predicted molar refractivity (Wildman–Crippen MR) is 115 cm³/mol. The lowest BCUT2D eigenvalue weighted by atomic mass is 9.77. The number of Topliss-reactive ketones (excluding diaryl/α,β-unsaturated/α-hetero) is 1. The van der Waals surface area contributed by atoms with Crippen LogP contribution in [-0.2, 0) is 20.7 Å². The van der Waals surface area contributed by atoms with E-state index in [-0.39, 0.29) is 18.8 Å². The number of fused-ring (bicyclic) bond motifs is 2. The van der Waals surface area contributed by atoms with Crippen LogP contribution in [-0.4, -0.2) is 29.4 Å². The van der Waals surface area contributed by atoms with Crippen molar-refractivity contribution < 1.29 is 24.2 Å². The van der Waals surface area contributed by atoms with Gasteiger partial charge in [-0.25, -0.2) is 4.79 Å². The Balaban J connectivity index is 1.91. The van der Waals surface area contributed by atoms with Crippen molar-refractivity contribution in [3.63, 3.8) is 0 Å². The highest BCUT2D eigenvalue weighted by Crippen LogP contribution is 2.47. The maximum atomic E-state index is 13.5. The van der Waals surface area contributed by atoms with Crippen LogP contribution in [0.4, 0.5) is 0 Å². The Bertz CT molecular complexity index is 1160. The van der Waals surface area contributed by atoms with Gasteiger partial charge in [0.25, 0.3) is 0 Å². The number of rotatable bonds is 6. The van der Waals surface area contributed by atoms with E-state index in [9.17, 15) is 19.5 Å². The number of nitrogens with one attached hydrogen (secondary N) is 1. The summed E-state index contributed by atoms with van der Waals surface area (Å²) in [5, 5.41) is 12.4. The first kappa shape index (κ1) is 20.6. The fourth-order valence-corrected chi connectivity index (χ4v) is 4.40. The molecule has 2 N–H and O–H groups in total. The molecule has 1 aliphatic carbocycles. The van der Waals surface area contributed by atoms with E-state index in [0.717, 1.165) is 16.7 Å². The Morgan fingerprint density at radius 2 is 1.74 bits per heavy atom. The summed E-state index contributed by atoms with van der Waals surface area (Å²) in [6.45, 7) is 3.75. The molecule has 2 aliphatic rings. The molecule has 1 aliphatic heterocycles. The number of ether oxygens (including phenoxy) is 1. The van der Waals surface area contributed by atoms with Crippen molar-refractivity contribution >= 4 is 23.4 Å². The summed E-state index contributed by atoms with van der Waals surface area (Å²) >= 11 is 0. The SMILES string of the molecule is CCOC(=O)C1=C(C)NC2=C(C(=O)c3ccccc32)[C@H]1c1ccccc1CCC(=O)O. The molecule has 0 bridgehead atoms. The summed E-state index contributed by atoms with van der Waals surface area (Å²) in [6.07, 6.45) is 0.258. The minimum Gasteiger partial charge on any atom is -0.481 e. The highest BCUT2D eigenvalue weighted by atomic mass is 16.5. The third-order valence-electron chi connectivity index (χ3n) is 5.72. The van der Waals surface area contributed by atoms with Crippen LogP contribution < -0.4 is 5.32 Å². The van der Waals surface area contributed by atoms with Crippen molar-refractivity contribution in [2.75, 3.05) is 6.61 Å². The molecular weight excluding hydrogens is 394 g/mol. The molecule has 0 fully saturated rings. The van der Waals surface area contributed by atoms with Gasteiger partial charge in [-0.05, 0) is 31.4 Å². The van der Waals surface area contributed by atoms with E-state index in [0.29, 0.717) is 34.5 Å². The first-order valence-corrected chi connectivity index (χ1v) is 10.3. The van der Waals surface area contributed by atoms with Crippen molar-refractivity contribution in [3.8, 4) is 0 Å².